The predicted molar refractivity (Wildman–Crippen MR) is 103 cm³/mol. The van der Waals surface area contributed by atoms with Gasteiger partial charge in [-0.2, -0.15) is 0 Å². The fourth-order valence-corrected chi connectivity index (χ4v) is 4.61. The number of hydrogen-bond donors (Lipinski definition) is 3. The third-order valence-corrected chi connectivity index (χ3v) is 5.95. The smallest absolute Gasteiger partial charge is 0.0771 e. The van der Waals surface area contributed by atoms with Crippen molar-refractivity contribution in [1.29, 1.82) is 0 Å². The predicted octanol–water partition coefficient (Wildman–Crippen LogP) is 3.96. The average Bonchev–Trinajstić information content (AvgIpc) is 2.32. The molecule has 0 aromatic heterocycles. The van der Waals surface area contributed by atoms with Crippen LogP contribution in [0.2, 0.25) is 0 Å². The summed E-state index contributed by atoms with van der Waals surface area (Å²) in [6, 6.07) is 0. The molecule has 2 fully saturated rings. The molecule has 0 atom stereocenters. The molecule has 0 amide bonds. The molecule has 2 rings (SSSR count). The zero-order valence-electron chi connectivity index (χ0n) is 17.1. The molecular weight excluding hydrogens is 296 g/mol. The normalized spacial score (nSPS) is 29.9. The van der Waals surface area contributed by atoms with Crippen molar-refractivity contribution < 1.29 is 5.11 Å². The molecule has 0 aromatic rings. The molecule has 0 spiro atoms. The van der Waals surface area contributed by atoms with Crippen molar-refractivity contribution in [2.24, 2.45) is 22.2 Å². The van der Waals surface area contributed by atoms with Gasteiger partial charge in [-0.3, -0.25) is 0 Å². The maximum Gasteiger partial charge on any atom is 0.0771 e. The van der Waals surface area contributed by atoms with Crippen LogP contribution < -0.4 is 10.6 Å². The van der Waals surface area contributed by atoms with E-state index in [9.17, 15) is 5.11 Å². The minimum atomic E-state index is -0.399. The lowest BCUT2D eigenvalue weighted by molar-refractivity contribution is -0.0335. The molecule has 3 nitrogen and oxygen atoms in total. The molecule has 24 heavy (non-hydrogen) atoms. The highest BCUT2D eigenvalue weighted by Crippen LogP contribution is 2.49. The summed E-state index contributed by atoms with van der Waals surface area (Å²) in [4.78, 5) is 0. The van der Waals surface area contributed by atoms with E-state index in [-0.39, 0.29) is 0 Å². The molecular formula is C21H42N2O. The molecule has 0 radical (unpaired) electrons. The summed E-state index contributed by atoms with van der Waals surface area (Å²) >= 11 is 0. The van der Waals surface area contributed by atoms with Crippen LogP contribution in [0.15, 0.2) is 0 Å². The van der Waals surface area contributed by atoms with E-state index in [1.54, 1.807) is 0 Å². The quantitative estimate of drug-likeness (QED) is 0.596. The van der Waals surface area contributed by atoms with E-state index in [0.717, 1.165) is 44.9 Å². The Kier molecular flexibility index (Phi) is 6.10. The molecule has 0 aromatic carbocycles. The zero-order valence-corrected chi connectivity index (χ0v) is 17.1. The lowest BCUT2D eigenvalue weighted by atomic mass is 9.59. The van der Waals surface area contributed by atoms with E-state index in [1.807, 2.05) is 0 Å². The van der Waals surface area contributed by atoms with Crippen molar-refractivity contribution >= 4 is 0 Å². The maximum absolute atomic E-state index is 10.2. The number of nitrogens with one attached hydrogen (secondary N) is 2. The van der Waals surface area contributed by atoms with Crippen LogP contribution in [-0.2, 0) is 0 Å². The molecule has 3 heteroatoms. The Labute approximate surface area is 150 Å². The molecule has 2 aliphatic carbocycles. The van der Waals surface area contributed by atoms with Gasteiger partial charge < -0.3 is 15.7 Å². The van der Waals surface area contributed by atoms with Crippen LogP contribution in [0.25, 0.3) is 0 Å². The minimum absolute atomic E-state index is 0.324. The van der Waals surface area contributed by atoms with Gasteiger partial charge in [-0.15, -0.1) is 0 Å². The Morgan fingerprint density at radius 1 is 0.958 bits per heavy atom. The van der Waals surface area contributed by atoms with Crippen LogP contribution in [0.1, 0.15) is 80.1 Å². The third-order valence-electron chi connectivity index (χ3n) is 5.95. The standard InChI is InChI=1S/C21H42N2O/c1-18(2,3)13-22-15-20(6)11-17(12-20)10-19(4,5)14-23-16-21(24)8-7-9-21/h17,22-24H,7-16H2,1-6H3. The molecule has 2 saturated carbocycles. The summed E-state index contributed by atoms with van der Waals surface area (Å²) in [5.74, 6) is 0.870. The van der Waals surface area contributed by atoms with Crippen LogP contribution in [0.3, 0.4) is 0 Å². The molecule has 0 aliphatic heterocycles. The second kappa shape index (κ2) is 7.25. The second-order valence-corrected chi connectivity index (χ2v) is 11.3. The highest BCUT2D eigenvalue weighted by molar-refractivity contribution is 4.95. The average molecular weight is 339 g/mol. The van der Waals surface area contributed by atoms with Crippen molar-refractivity contribution in [3.63, 3.8) is 0 Å². The monoisotopic (exact) mass is 338 g/mol. The van der Waals surface area contributed by atoms with Gasteiger partial charge in [0.15, 0.2) is 0 Å². The highest BCUT2D eigenvalue weighted by Gasteiger charge is 2.42. The molecule has 0 heterocycles. The van der Waals surface area contributed by atoms with E-state index in [1.165, 1.54) is 25.7 Å². The van der Waals surface area contributed by atoms with E-state index in [2.05, 4.69) is 52.2 Å². The van der Waals surface area contributed by atoms with E-state index < -0.39 is 5.60 Å². The first-order chi connectivity index (χ1) is 10.9. The first-order valence-corrected chi connectivity index (χ1v) is 10.0. The highest BCUT2D eigenvalue weighted by atomic mass is 16.3. The largest absolute Gasteiger partial charge is 0.389 e. The molecule has 0 unspecified atom stereocenters. The number of hydrogen-bond acceptors (Lipinski definition) is 3. The van der Waals surface area contributed by atoms with Crippen LogP contribution >= 0.6 is 0 Å². The molecule has 0 bridgehead atoms. The Hall–Kier alpha value is -0.120. The maximum atomic E-state index is 10.2. The molecule has 0 saturated heterocycles. The summed E-state index contributed by atoms with van der Waals surface area (Å²) in [5, 5.41) is 17.4. The lowest BCUT2D eigenvalue weighted by Crippen LogP contribution is -2.49. The first-order valence-electron chi connectivity index (χ1n) is 10.0. The lowest BCUT2D eigenvalue weighted by Gasteiger charge is -2.48. The van der Waals surface area contributed by atoms with Crippen molar-refractivity contribution in [2.45, 2.75) is 85.7 Å². The molecule has 142 valence electrons. The number of rotatable bonds is 9. The van der Waals surface area contributed by atoms with Crippen molar-refractivity contribution in [3.8, 4) is 0 Å². The first kappa shape index (κ1) is 20.2. The SMILES string of the molecule is CC(C)(C)CNCC1(C)CC(CC(C)(C)CNCC2(O)CCC2)C1. The van der Waals surface area contributed by atoms with Gasteiger partial charge in [0.2, 0.25) is 0 Å². The Balaban J connectivity index is 1.61. The van der Waals surface area contributed by atoms with Gasteiger partial charge in [-0.05, 0) is 60.7 Å². The van der Waals surface area contributed by atoms with Crippen molar-refractivity contribution in [1.82, 2.24) is 10.6 Å². The summed E-state index contributed by atoms with van der Waals surface area (Å²) in [7, 11) is 0. The van der Waals surface area contributed by atoms with Gasteiger partial charge in [-0.1, -0.05) is 41.5 Å². The summed E-state index contributed by atoms with van der Waals surface area (Å²) in [5.41, 5.74) is 0.799. The van der Waals surface area contributed by atoms with Crippen LogP contribution in [-0.4, -0.2) is 36.9 Å². The Bertz CT molecular complexity index is 401. The summed E-state index contributed by atoms with van der Waals surface area (Å²) < 4.78 is 0. The van der Waals surface area contributed by atoms with Gasteiger partial charge in [0.05, 0.1) is 5.60 Å². The fraction of sp³-hybridized carbons (Fsp3) is 1.00. The Morgan fingerprint density at radius 2 is 1.54 bits per heavy atom. The summed E-state index contributed by atoms with van der Waals surface area (Å²) in [6.07, 6.45) is 7.15. The van der Waals surface area contributed by atoms with Gasteiger partial charge >= 0.3 is 0 Å². The van der Waals surface area contributed by atoms with E-state index in [4.69, 9.17) is 0 Å². The second-order valence-electron chi connectivity index (χ2n) is 11.3. The summed E-state index contributed by atoms with van der Waals surface area (Å²) in [6.45, 7) is 18.1. The number of aliphatic hydroxyl groups is 1. The van der Waals surface area contributed by atoms with E-state index in [0.29, 0.717) is 16.2 Å². The minimum Gasteiger partial charge on any atom is -0.389 e. The van der Waals surface area contributed by atoms with Crippen molar-refractivity contribution in [2.75, 3.05) is 26.2 Å². The van der Waals surface area contributed by atoms with Crippen LogP contribution in [0.5, 0.6) is 0 Å². The van der Waals surface area contributed by atoms with E-state index >= 15 is 0 Å². The van der Waals surface area contributed by atoms with Gasteiger partial charge in [-0.25, -0.2) is 0 Å². The fourth-order valence-electron chi connectivity index (χ4n) is 4.61. The van der Waals surface area contributed by atoms with Crippen LogP contribution in [0.4, 0.5) is 0 Å². The van der Waals surface area contributed by atoms with Crippen molar-refractivity contribution in [3.05, 3.63) is 0 Å². The Morgan fingerprint density at radius 3 is 2.04 bits per heavy atom. The van der Waals surface area contributed by atoms with Gasteiger partial charge in [0.1, 0.15) is 0 Å². The van der Waals surface area contributed by atoms with Gasteiger partial charge in [0, 0.05) is 26.2 Å². The van der Waals surface area contributed by atoms with Crippen LogP contribution in [0, 0.1) is 22.2 Å². The van der Waals surface area contributed by atoms with Gasteiger partial charge in [0.25, 0.3) is 0 Å². The molecule has 3 N–H and O–H groups in total. The third kappa shape index (κ3) is 6.31. The zero-order chi connectivity index (χ0) is 18.1. The molecule has 2 aliphatic rings. The topological polar surface area (TPSA) is 44.3 Å².